The predicted octanol–water partition coefficient (Wildman–Crippen LogP) is 3.53. The first kappa shape index (κ1) is 22.7. The van der Waals surface area contributed by atoms with Gasteiger partial charge in [0.25, 0.3) is 5.91 Å². The Morgan fingerprint density at radius 1 is 1.03 bits per heavy atom. The van der Waals surface area contributed by atoms with E-state index in [1.807, 2.05) is 56.5 Å². The van der Waals surface area contributed by atoms with Gasteiger partial charge in [0, 0.05) is 32.4 Å². The van der Waals surface area contributed by atoms with Crippen LogP contribution in [0.1, 0.15) is 27.0 Å². The van der Waals surface area contributed by atoms with E-state index in [1.54, 1.807) is 33.1 Å². The van der Waals surface area contributed by atoms with Gasteiger partial charge in [-0.25, -0.2) is 17.9 Å². The highest BCUT2D eigenvalue weighted by Gasteiger charge is 2.33. The summed E-state index contributed by atoms with van der Waals surface area (Å²) in [4.78, 5) is 20.8. The SMILES string of the molecule is Cc1cc(C)c(S(=O)(=O)N2CCN(C(=O)c3cnn4c(-c5cccs5)ccnc34)CC2)c(C)c1. The summed E-state index contributed by atoms with van der Waals surface area (Å²) in [6, 6.07) is 9.62. The highest BCUT2D eigenvalue weighted by atomic mass is 32.2. The van der Waals surface area contributed by atoms with E-state index in [0.29, 0.717) is 29.2 Å². The van der Waals surface area contributed by atoms with E-state index in [9.17, 15) is 13.2 Å². The van der Waals surface area contributed by atoms with Gasteiger partial charge in [-0.2, -0.15) is 9.40 Å². The molecule has 0 spiro atoms. The summed E-state index contributed by atoms with van der Waals surface area (Å²) in [7, 11) is -3.64. The minimum absolute atomic E-state index is 0.189. The highest BCUT2D eigenvalue weighted by molar-refractivity contribution is 7.89. The number of aryl methyl sites for hydroxylation is 3. The lowest BCUT2D eigenvalue weighted by molar-refractivity contribution is 0.0699. The second-order valence-electron chi connectivity index (χ2n) is 8.53. The van der Waals surface area contributed by atoms with Gasteiger partial charge in [-0.05, 0) is 49.4 Å². The summed E-state index contributed by atoms with van der Waals surface area (Å²) < 4.78 is 29.9. The van der Waals surface area contributed by atoms with Crippen LogP contribution in [0.5, 0.6) is 0 Å². The van der Waals surface area contributed by atoms with E-state index in [0.717, 1.165) is 27.3 Å². The van der Waals surface area contributed by atoms with E-state index >= 15 is 0 Å². The molecule has 34 heavy (non-hydrogen) atoms. The van der Waals surface area contributed by atoms with Crippen LogP contribution >= 0.6 is 11.3 Å². The molecule has 0 N–H and O–H groups in total. The summed E-state index contributed by atoms with van der Waals surface area (Å²) in [6.07, 6.45) is 3.23. The lowest BCUT2D eigenvalue weighted by atomic mass is 10.1. The van der Waals surface area contributed by atoms with Crippen LogP contribution < -0.4 is 0 Å². The van der Waals surface area contributed by atoms with Crippen molar-refractivity contribution in [2.45, 2.75) is 25.7 Å². The number of carbonyl (C=O) groups excluding carboxylic acids is 1. The van der Waals surface area contributed by atoms with Crippen molar-refractivity contribution in [2.24, 2.45) is 0 Å². The molecule has 0 atom stereocenters. The summed E-state index contributed by atoms with van der Waals surface area (Å²) in [5, 5.41) is 6.41. The smallest absolute Gasteiger partial charge is 0.259 e. The number of aromatic nitrogens is 3. The number of benzene rings is 1. The summed E-state index contributed by atoms with van der Waals surface area (Å²) in [5.41, 5.74) is 4.31. The molecule has 5 rings (SSSR count). The predicted molar refractivity (Wildman–Crippen MR) is 132 cm³/mol. The molecule has 3 aromatic heterocycles. The Labute approximate surface area is 202 Å². The van der Waals surface area contributed by atoms with Gasteiger partial charge in [0.1, 0.15) is 5.56 Å². The molecule has 1 aliphatic rings. The number of sulfonamides is 1. The molecule has 10 heteroatoms. The number of carbonyl (C=O) groups is 1. The van der Waals surface area contributed by atoms with Crippen LogP contribution in [0.2, 0.25) is 0 Å². The molecular formula is C24H25N5O3S2. The van der Waals surface area contributed by atoms with Crippen LogP contribution in [0.15, 0.2) is 53.0 Å². The Hall–Kier alpha value is -3.08. The normalized spacial score (nSPS) is 15.2. The number of piperazine rings is 1. The lowest BCUT2D eigenvalue weighted by Gasteiger charge is -2.34. The average Bonchev–Trinajstić information content (AvgIpc) is 3.48. The molecule has 1 saturated heterocycles. The minimum atomic E-state index is -3.64. The molecule has 1 aliphatic heterocycles. The average molecular weight is 496 g/mol. The van der Waals surface area contributed by atoms with Crippen molar-refractivity contribution in [3.8, 4) is 10.6 Å². The Morgan fingerprint density at radius 3 is 2.38 bits per heavy atom. The molecular weight excluding hydrogens is 470 g/mol. The van der Waals surface area contributed by atoms with E-state index in [4.69, 9.17) is 0 Å². The standard InChI is InChI=1S/C24H25N5O3S2/c1-16-13-17(2)22(18(3)14-16)34(31,32)28-10-8-27(9-11-28)24(30)19-15-26-29-20(6-7-25-23(19)29)21-5-4-12-33-21/h4-7,12-15H,8-11H2,1-3H3. The maximum absolute atomic E-state index is 13.4. The first-order valence-electron chi connectivity index (χ1n) is 11.0. The van der Waals surface area contributed by atoms with Crippen LogP contribution in [0.25, 0.3) is 16.2 Å². The second kappa shape index (κ2) is 8.61. The fraction of sp³-hybridized carbons (Fsp3) is 0.292. The third-order valence-electron chi connectivity index (χ3n) is 6.13. The summed E-state index contributed by atoms with van der Waals surface area (Å²) in [5.74, 6) is -0.189. The van der Waals surface area contributed by atoms with Gasteiger partial charge in [0.05, 0.1) is 21.7 Å². The van der Waals surface area contributed by atoms with Gasteiger partial charge in [-0.3, -0.25) is 4.79 Å². The molecule has 0 aliphatic carbocycles. The fourth-order valence-corrected chi connectivity index (χ4v) is 7.23. The maximum Gasteiger partial charge on any atom is 0.259 e. The Balaban J connectivity index is 1.36. The van der Waals surface area contributed by atoms with Crippen molar-refractivity contribution in [3.63, 3.8) is 0 Å². The minimum Gasteiger partial charge on any atom is -0.336 e. The van der Waals surface area contributed by atoms with Gasteiger partial charge in [0.2, 0.25) is 10.0 Å². The van der Waals surface area contributed by atoms with Crippen molar-refractivity contribution in [2.75, 3.05) is 26.2 Å². The highest BCUT2D eigenvalue weighted by Crippen LogP contribution is 2.28. The van der Waals surface area contributed by atoms with E-state index < -0.39 is 10.0 Å². The van der Waals surface area contributed by atoms with Crippen molar-refractivity contribution < 1.29 is 13.2 Å². The molecule has 0 radical (unpaired) electrons. The maximum atomic E-state index is 13.4. The van der Waals surface area contributed by atoms with Gasteiger partial charge >= 0.3 is 0 Å². The second-order valence-corrected chi connectivity index (χ2v) is 11.3. The molecule has 1 aromatic carbocycles. The van der Waals surface area contributed by atoms with Crippen molar-refractivity contribution in [1.82, 2.24) is 23.8 Å². The van der Waals surface area contributed by atoms with Gasteiger partial charge in [0.15, 0.2) is 5.65 Å². The lowest BCUT2D eigenvalue weighted by Crippen LogP contribution is -2.50. The molecule has 1 fully saturated rings. The zero-order valence-electron chi connectivity index (χ0n) is 19.2. The molecule has 4 aromatic rings. The van der Waals surface area contributed by atoms with Gasteiger partial charge in [-0.15, -0.1) is 11.3 Å². The number of thiophene rings is 1. The molecule has 0 bridgehead atoms. The first-order valence-corrected chi connectivity index (χ1v) is 13.3. The number of amides is 1. The van der Waals surface area contributed by atoms with Crippen LogP contribution in [0.4, 0.5) is 0 Å². The number of rotatable bonds is 4. The largest absolute Gasteiger partial charge is 0.336 e. The van der Waals surface area contributed by atoms with Crippen molar-refractivity contribution in [1.29, 1.82) is 0 Å². The Kier molecular flexibility index (Phi) is 5.75. The summed E-state index contributed by atoms with van der Waals surface area (Å²) in [6.45, 7) is 6.72. The van der Waals surface area contributed by atoms with Crippen LogP contribution in [0, 0.1) is 20.8 Å². The number of hydrogen-bond acceptors (Lipinski definition) is 6. The van der Waals surface area contributed by atoms with Crippen LogP contribution in [-0.2, 0) is 10.0 Å². The van der Waals surface area contributed by atoms with E-state index in [2.05, 4.69) is 10.1 Å². The molecule has 8 nitrogen and oxygen atoms in total. The van der Waals surface area contributed by atoms with Crippen molar-refractivity contribution >= 4 is 32.9 Å². The van der Waals surface area contributed by atoms with Gasteiger partial charge in [-0.1, -0.05) is 23.8 Å². The topological polar surface area (TPSA) is 87.9 Å². The van der Waals surface area contributed by atoms with E-state index in [-0.39, 0.29) is 19.0 Å². The Morgan fingerprint density at radius 2 is 1.74 bits per heavy atom. The van der Waals surface area contributed by atoms with E-state index in [1.165, 1.54) is 4.31 Å². The number of nitrogens with zero attached hydrogens (tertiary/aromatic N) is 5. The summed E-state index contributed by atoms with van der Waals surface area (Å²) >= 11 is 1.59. The third-order valence-corrected chi connectivity index (χ3v) is 9.23. The quantitative estimate of drug-likeness (QED) is 0.432. The first-order chi connectivity index (χ1) is 16.3. The molecule has 0 saturated carbocycles. The van der Waals surface area contributed by atoms with Crippen LogP contribution in [-0.4, -0.2) is 64.3 Å². The van der Waals surface area contributed by atoms with Crippen molar-refractivity contribution in [3.05, 3.63) is 70.4 Å². The number of fused-ring (bicyclic) bond motifs is 1. The monoisotopic (exact) mass is 495 g/mol. The fourth-order valence-electron chi connectivity index (χ4n) is 4.66. The molecule has 4 heterocycles. The Bertz CT molecular complexity index is 1460. The molecule has 0 unspecified atom stereocenters. The van der Waals surface area contributed by atoms with Gasteiger partial charge < -0.3 is 4.90 Å². The molecule has 176 valence electrons. The molecule has 1 amide bonds. The third kappa shape index (κ3) is 3.81. The zero-order valence-corrected chi connectivity index (χ0v) is 20.9. The van der Waals surface area contributed by atoms with Crippen LogP contribution in [0.3, 0.4) is 0 Å². The zero-order chi connectivity index (χ0) is 24.0. The number of hydrogen-bond donors (Lipinski definition) is 0.